The Morgan fingerprint density at radius 2 is 2.13 bits per heavy atom. The Balaban J connectivity index is 2.87. The topological polar surface area (TPSA) is 89.6 Å². The van der Waals surface area contributed by atoms with E-state index in [0.29, 0.717) is 5.75 Å². The molecule has 0 unspecified atom stereocenters. The third-order valence-corrected chi connectivity index (χ3v) is 1.68. The molecule has 0 spiro atoms. The number of amides is 1. The van der Waals surface area contributed by atoms with Gasteiger partial charge in [0.15, 0.2) is 5.78 Å². The maximum absolute atomic E-state index is 10.9. The molecule has 0 bridgehead atoms. The van der Waals surface area contributed by atoms with Gasteiger partial charge >= 0.3 is 0 Å². The molecule has 1 amide bonds. The number of Topliss-reactive ketones (excluding diaryl/α,β-unsaturated/α-hetero) is 1. The van der Waals surface area contributed by atoms with Crippen LogP contribution in [0.15, 0.2) is 18.2 Å². The summed E-state index contributed by atoms with van der Waals surface area (Å²) in [6.07, 6.45) is 0. The number of ketones is 1. The second kappa shape index (κ2) is 4.45. The van der Waals surface area contributed by atoms with Gasteiger partial charge < -0.3 is 15.6 Å². The van der Waals surface area contributed by atoms with Crippen LogP contribution in [0.5, 0.6) is 11.5 Å². The Kier molecular flexibility index (Phi) is 3.28. The predicted molar refractivity (Wildman–Crippen MR) is 52.8 cm³/mol. The first-order chi connectivity index (χ1) is 7.00. The van der Waals surface area contributed by atoms with Crippen molar-refractivity contribution in [1.82, 2.24) is 0 Å². The molecule has 1 aromatic carbocycles. The lowest BCUT2D eigenvalue weighted by Gasteiger charge is -2.06. The smallest absolute Gasteiger partial charge is 0.252 e. The maximum Gasteiger partial charge on any atom is 0.252 e. The molecule has 15 heavy (non-hydrogen) atoms. The average Bonchev–Trinajstić information content (AvgIpc) is 2.16. The zero-order chi connectivity index (χ0) is 11.4. The summed E-state index contributed by atoms with van der Waals surface area (Å²) >= 11 is 0. The molecule has 0 aliphatic carbocycles. The quantitative estimate of drug-likeness (QED) is 0.753. The molecule has 0 aliphatic heterocycles. The lowest BCUT2D eigenvalue weighted by Crippen LogP contribution is -2.12. The first-order valence-corrected chi connectivity index (χ1v) is 4.25. The van der Waals surface area contributed by atoms with E-state index < -0.39 is 5.91 Å². The van der Waals surface area contributed by atoms with Crippen molar-refractivity contribution in [2.24, 2.45) is 5.73 Å². The van der Waals surface area contributed by atoms with E-state index in [2.05, 4.69) is 0 Å². The fourth-order valence-electron chi connectivity index (χ4n) is 0.987. The van der Waals surface area contributed by atoms with Gasteiger partial charge in [-0.2, -0.15) is 0 Å². The summed E-state index contributed by atoms with van der Waals surface area (Å²) in [6.45, 7) is 1.30. The third-order valence-electron chi connectivity index (χ3n) is 1.68. The number of nitrogens with two attached hydrogens (primary N) is 1. The maximum atomic E-state index is 10.9. The fourth-order valence-corrected chi connectivity index (χ4v) is 0.987. The normalized spacial score (nSPS) is 9.67. The zero-order valence-corrected chi connectivity index (χ0v) is 8.19. The van der Waals surface area contributed by atoms with E-state index >= 15 is 0 Å². The molecule has 80 valence electrons. The molecule has 3 N–H and O–H groups in total. The van der Waals surface area contributed by atoms with E-state index in [9.17, 15) is 14.7 Å². The van der Waals surface area contributed by atoms with Gasteiger partial charge in [-0.1, -0.05) is 0 Å². The summed E-state index contributed by atoms with van der Waals surface area (Å²) in [7, 11) is 0. The van der Waals surface area contributed by atoms with Crippen LogP contribution in [0.4, 0.5) is 0 Å². The lowest BCUT2D eigenvalue weighted by molar-refractivity contribution is -0.118. The fraction of sp³-hybridized carbons (Fsp3) is 0.200. The minimum Gasteiger partial charge on any atom is -0.507 e. The summed E-state index contributed by atoms with van der Waals surface area (Å²) in [6, 6.07) is 4.03. The summed E-state index contributed by atoms with van der Waals surface area (Å²) < 4.78 is 5.04. The number of phenols is 1. The van der Waals surface area contributed by atoms with Gasteiger partial charge in [0.25, 0.3) is 5.91 Å². The van der Waals surface area contributed by atoms with Crippen LogP contribution in [0.3, 0.4) is 0 Å². The number of hydrogen-bond acceptors (Lipinski definition) is 4. The van der Waals surface area contributed by atoms with Crippen LogP contribution in [0, 0.1) is 0 Å². The van der Waals surface area contributed by atoms with Gasteiger partial charge in [0.2, 0.25) is 0 Å². The van der Waals surface area contributed by atoms with Crippen molar-refractivity contribution in [2.75, 3.05) is 6.61 Å². The van der Waals surface area contributed by atoms with Crippen LogP contribution in [-0.4, -0.2) is 23.4 Å². The van der Waals surface area contributed by atoms with E-state index in [4.69, 9.17) is 10.5 Å². The lowest BCUT2D eigenvalue weighted by atomic mass is 10.2. The number of ether oxygens (including phenoxy) is 1. The van der Waals surface area contributed by atoms with Crippen molar-refractivity contribution in [3.05, 3.63) is 23.8 Å². The van der Waals surface area contributed by atoms with Crippen LogP contribution in [0.25, 0.3) is 0 Å². The zero-order valence-electron chi connectivity index (χ0n) is 8.19. The van der Waals surface area contributed by atoms with Gasteiger partial charge in [0, 0.05) is 0 Å². The second-order valence-corrected chi connectivity index (χ2v) is 3.03. The highest BCUT2D eigenvalue weighted by Gasteiger charge is 2.09. The van der Waals surface area contributed by atoms with E-state index in [0.717, 1.165) is 0 Å². The number of carbonyl (C=O) groups is 2. The highest BCUT2D eigenvalue weighted by atomic mass is 16.5. The van der Waals surface area contributed by atoms with Crippen molar-refractivity contribution in [1.29, 1.82) is 0 Å². The summed E-state index contributed by atoms with van der Waals surface area (Å²) in [4.78, 5) is 21.5. The van der Waals surface area contributed by atoms with Gasteiger partial charge in [-0.05, 0) is 25.1 Å². The highest BCUT2D eigenvalue weighted by Crippen LogP contribution is 2.22. The molecule has 5 heteroatoms. The predicted octanol–water partition coefficient (Wildman–Crippen LogP) is 0.459. The van der Waals surface area contributed by atoms with Gasteiger partial charge in [-0.25, -0.2) is 0 Å². The average molecular weight is 209 g/mol. The molecule has 1 aromatic rings. The summed E-state index contributed by atoms with van der Waals surface area (Å²) in [5, 5.41) is 9.26. The van der Waals surface area contributed by atoms with Crippen LogP contribution in [0.1, 0.15) is 17.3 Å². The molecule has 0 aromatic heterocycles. The van der Waals surface area contributed by atoms with Crippen molar-refractivity contribution in [3.8, 4) is 11.5 Å². The molecule has 0 saturated heterocycles. The highest BCUT2D eigenvalue weighted by molar-refractivity contribution is 5.95. The molecule has 1 rings (SSSR count). The molecule has 0 radical (unpaired) electrons. The first kappa shape index (κ1) is 11.0. The van der Waals surface area contributed by atoms with Crippen molar-refractivity contribution in [2.45, 2.75) is 6.92 Å². The molecular formula is C10H11NO4. The Morgan fingerprint density at radius 1 is 1.47 bits per heavy atom. The van der Waals surface area contributed by atoms with Crippen molar-refractivity contribution < 1.29 is 19.4 Å². The Labute approximate surface area is 86.5 Å². The third kappa shape index (κ3) is 2.98. The first-order valence-electron chi connectivity index (χ1n) is 4.25. The number of primary amides is 1. The molecule has 0 saturated carbocycles. The SMILES string of the molecule is CC(=O)COc1ccc(O)c(C(N)=O)c1. The summed E-state index contributed by atoms with van der Waals surface area (Å²) in [5.41, 5.74) is 4.99. The van der Waals surface area contributed by atoms with Gasteiger partial charge in [0.05, 0.1) is 5.56 Å². The minimum atomic E-state index is -0.749. The summed E-state index contributed by atoms with van der Waals surface area (Å²) in [5.74, 6) is -0.779. The molecule has 5 nitrogen and oxygen atoms in total. The largest absolute Gasteiger partial charge is 0.507 e. The van der Waals surface area contributed by atoms with E-state index in [1.54, 1.807) is 0 Å². The van der Waals surface area contributed by atoms with Crippen LogP contribution < -0.4 is 10.5 Å². The Morgan fingerprint density at radius 3 is 2.67 bits per heavy atom. The molecular weight excluding hydrogens is 198 g/mol. The van der Waals surface area contributed by atoms with E-state index in [-0.39, 0.29) is 23.7 Å². The molecule has 0 fully saturated rings. The second-order valence-electron chi connectivity index (χ2n) is 3.03. The number of rotatable bonds is 4. The van der Waals surface area contributed by atoms with Crippen LogP contribution in [0.2, 0.25) is 0 Å². The van der Waals surface area contributed by atoms with E-state index in [1.165, 1.54) is 25.1 Å². The molecule has 0 atom stereocenters. The van der Waals surface area contributed by atoms with Gasteiger partial charge in [0.1, 0.15) is 18.1 Å². The number of benzene rings is 1. The minimum absolute atomic E-state index is 0.0314. The van der Waals surface area contributed by atoms with Crippen molar-refractivity contribution in [3.63, 3.8) is 0 Å². The number of hydrogen-bond donors (Lipinski definition) is 2. The van der Waals surface area contributed by atoms with Crippen LogP contribution in [-0.2, 0) is 4.79 Å². The molecule has 0 aliphatic rings. The van der Waals surface area contributed by atoms with Crippen molar-refractivity contribution >= 4 is 11.7 Å². The molecule has 0 heterocycles. The number of carbonyl (C=O) groups excluding carboxylic acids is 2. The van der Waals surface area contributed by atoms with Gasteiger partial charge in [-0.3, -0.25) is 9.59 Å². The van der Waals surface area contributed by atoms with Crippen LogP contribution >= 0.6 is 0 Å². The standard InChI is InChI=1S/C10H11NO4/c1-6(12)5-15-7-2-3-9(13)8(4-7)10(11)14/h2-4,13H,5H2,1H3,(H2,11,14). The Bertz CT molecular complexity index is 400. The Hall–Kier alpha value is -2.04. The van der Waals surface area contributed by atoms with E-state index in [1.807, 2.05) is 0 Å². The van der Waals surface area contributed by atoms with Gasteiger partial charge in [-0.15, -0.1) is 0 Å². The monoisotopic (exact) mass is 209 g/mol. The number of aromatic hydroxyl groups is 1.